The van der Waals surface area contributed by atoms with Crippen LogP contribution in [0.25, 0.3) is 11.5 Å². The lowest BCUT2D eigenvalue weighted by Crippen LogP contribution is -2.01. The van der Waals surface area contributed by atoms with E-state index in [1.165, 1.54) is 0 Å². The standard InChI is InChI=1S/C14H14ClNO3/c1-7(2)11-12(14(17)18)19-13(16-11)9-5-4-8(3)10(15)6-9/h4-7H,1-3H3,(H,17,18). The molecule has 0 unspecified atom stereocenters. The highest BCUT2D eigenvalue weighted by Gasteiger charge is 2.22. The second-order valence-corrected chi connectivity index (χ2v) is 5.06. The van der Waals surface area contributed by atoms with Crippen LogP contribution in [0.3, 0.4) is 0 Å². The molecule has 0 fully saturated rings. The van der Waals surface area contributed by atoms with Crippen molar-refractivity contribution in [3.05, 3.63) is 40.2 Å². The molecule has 0 atom stereocenters. The van der Waals surface area contributed by atoms with Gasteiger partial charge in [0.25, 0.3) is 0 Å². The number of carboxylic acids is 1. The van der Waals surface area contributed by atoms with Gasteiger partial charge in [0.1, 0.15) is 0 Å². The third-order valence-corrected chi connectivity index (χ3v) is 3.22. The predicted molar refractivity (Wildman–Crippen MR) is 72.7 cm³/mol. The zero-order chi connectivity index (χ0) is 14.2. The largest absolute Gasteiger partial charge is 0.475 e. The van der Waals surface area contributed by atoms with Crippen LogP contribution in [0.15, 0.2) is 22.6 Å². The van der Waals surface area contributed by atoms with Crippen molar-refractivity contribution in [3.8, 4) is 11.5 Å². The molecule has 1 aromatic carbocycles. The number of benzene rings is 1. The summed E-state index contributed by atoms with van der Waals surface area (Å²) in [5.41, 5.74) is 2.06. The van der Waals surface area contributed by atoms with Gasteiger partial charge < -0.3 is 9.52 Å². The Balaban J connectivity index is 2.54. The van der Waals surface area contributed by atoms with Gasteiger partial charge in [0.2, 0.25) is 11.7 Å². The molecule has 0 aliphatic heterocycles. The lowest BCUT2D eigenvalue weighted by atomic mass is 10.1. The molecule has 100 valence electrons. The van der Waals surface area contributed by atoms with Gasteiger partial charge in [-0.1, -0.05) is 31.5 Å². The Kier molecular flexibility index (Phi) is 3.62. The van der Waals surface area contributed by atoms with Crippen LogP contribution in [-0.4, -0.2) is 16.1 Å². The number of carbonyl (C=O) groups is 1. The Labute approximate surface area is 116 Å². The Morgan fingerprint density at radius 3 is 2.58 bits per heavy atom. The van der Waals surface area contributed by atoms with Crippen molar-refractivity contribution in [3.63, 3.8) is 0 Å². The predicted octanol–water partition coefficient (Wildman–Crippen LogP) is 4.13. The fourth-order valence-corrected chi connectivity index (χ4v) is 1.91. The molecule has 0 aliphatic rings. The van der Waals surface area contributed by atoms with Gasteiger partial charge in [-0.25, -0.2) is 9.78 Å². The lowest BCUT2D eigenvalue weighted by Gasteiger charge is -1.99. The van der Waals surface area contributed by atoms with E-state index in [1.54, 1.807) is 6.07 Å². The van der Waals surface area contributed by atoms with Crippen LogP contribution in [0, 0.1) is 6.92 Å². The number of rotatable bonds is 3. The summed E-state index contributed by atoms with van der Waals surface area (Å²) in [6.45, 7) is 5.64. The number of aromatic nitrogens is 1. The maximum atomic E-state index is 11.1. The van der Waals surface area contributed by atoms with E-state index in [1.807, 2.05) is 32.9 Å². The minimum Gasteiger partial charge on any atom is -0.475 e. The van der Waals surface area contributed by atoms with Gasteiger partial charge >= 0.3 is 5.97 Å². The van der Waals surface area contributed by atoms with E-state index in [0.717, 1.165) is 5.56 Å². The molecule has 5 heteroatoms. The lowest BCUT2D eigenvalue weighted by molar-refractivity contribution is 0.0661. The molecule has 0 spiro atoms. The van der Waals surface area contributed by atoms with Gasteiger partial charge in [-0.15, -0.1) is 0 Å². The van der Waals surface area contributed by atoms with Gasteiger partial charge in [0.05, 0.1) is 5.69 Å². The van der Waals surface area contributed by atoms with Gasteiger partial charge in [0, 0.05) is 10.6 Å². The average molecular weight is 280 g/mol. The molecule has 0 saturated carbocycles. The van der Waals surface area contributed by atoms with E-state index in [-0.39, 0.29) is 17.6 Å². The van der Waals surface area contributed by atoms with Crippen molar-refractivity contribution in [2.45, 2.75) is 26.7 Å². The third-order valence-electron chi connectivity index (χ3n) is 2.81. The smallest absolute Gasteiger partial charge is 0.373 e. The third kappa shape index (κ3) is 2.63. The highest BCUT2D eigenvalue weighted by Crippen LogP contribution is 2.29. The van der Waals surface area contributed by atoms with Crippen LogP contribution in [0.2, 0.25) is 5.02 Å². The summed E-state index contributed by atoms with van der Waals surface area (Å²) in [7, 11) is 0. The number of halogens is 1. The average Bonchev–Trinajstić information content (AvgIpc) is 2.78. The molecule has 1 heterocycles. The zero-order valence-electron chi connectivity index (χ0n) is 10.9. The first-order valence-corrected chi connectivity index (χ1v) is 6.28. The van der Waals surface area contributed by atoms with Crippen molar-refractivity contribution >= 4 is 17.6 Å². The number of aryl methyl sites for hydroxylation is 1. The molecule has 0 radical (unpaired) electrons. The first kappa shape index (κ1) is 13.6. The number of aromatic carboxylic acids is 1. The molecular weight excluding hydrogens is 266 g/mol. The number of hydrogen-bond acceptors (Lipinski definition) is 3. The first-order chi connectivity index (χ1) is 8.90. The van der Waals surface area contributed by atoms with Gasteiger partial charge in [-0.3, -0.25) is 0 Å². The number of oxazole rings is 1. The zero-order valence-corrected chi connectivity index (χ0v) is 11.7. The van der Waals surface area contributed by atoms with E-state index < -0.39 is 5.97 Å². The highest BCUT2D eigenvalue weighted by atomic mass is 35.5. The number of nitrogens with zero attached hydrogens (tertiary/aromatic N) is 1. The molecule has 0 amide bonds. The fraction of sp³-hybridized carbons (Fsp3) is 0.286. The summed E-state index contributed by atoms with van der Waals surface area (Å²) >= 11 is 6.05. The molecular formula is C14H14ClNO3. The Morgan fingerprint density at radius 2 is 2.11 bits per heavy atom. The van der Waals surface area contributed by atoms with Crippen LogP contribution in [-0.2, 0) is 0 Å². The van der Waals surface area contributed by atoms with Crippen LogP contribution < -0.4 is 0 Å². The van der Waals surface area contributed by atoms with Crippen LogP contribution in [0.4, 0.5) is 0 Å². The second-order valence-electron chi connectivity index (χ2n) is 4.66. The van der Waals surface area contributed by atoms with E-state index in [9.17, 15) is 4.79 Å². The van der Waals surface area contributed by atoms with Crippen molar-refractivity contribution in [2.75, 3.05) is 0 Å². The summed E-state index contributed by atoms with van der Waals surface area (Å²) in [5, 5.41) is 9.71. The number of carboxylic acid groups (broad SMARTS) is 1. The van der Waals surface area contributed by atoms with E-state index in [2.05, 4.69) is 4.98 Å². The van der Waals surface area contributed by atoms with Gasteiger partial charge in [-0.2, -0.15) is 0 Å². The quantitative estimate of drug-likeness (QED) is 0.918. The van der Waals surface area contributed by atoms with Crippen LogP contribution in [0.1, 0.15) is 41.6 Å². The summed E-state index contributed by atoms with van der Waals surface area (Å²) in [5.74, 6) is -0.963. The molecule has 0 saturated heterocycles. The fourth-order valence-electron chi connectivity index (χ4n) is 1.73. The highest BCUT2D eigenvalue weighted by molar-refractivity contribution is 6.31. The SMILES string of the molecule is Cc1ccc(-c2nc(C(C)C)c(C(=O)O)o2)cc1Cl. The van der Waals surface area contributed by atoms with Crippen LogP contribution in [0.5, 0.6) is 0 Å². The van der Waals surface area contributed by atoms with Gasteiger partial charge in [-0.05, 0) is 30.5 Å². The molecule has 2 rings (SSSR count). The monoisotopic (exact) mass is 279 g/mol. The molecule has 1 N–H and O–H groups in total. The number of hydrogen-bond donors (Lipinski definition) is 1. The Hall–Kier alpha value is -1.81. The summed E-state index contributed by atoms with van der Waals surface area (Å²) in [6, 6.07) is 5.37. The molecule has 4 nitrogen and oxygen atoms in total. The molecule has 1 aromatic heterocycles. The van der Waals surface area contributed by atoms with E-state index >= 15 is 0 Å². The van der Waals surface area contributed by atoms with Crippen LogP contribution >= 0.6 is 11.6 Å². The maximum absolute atomic E-state index is 11.1. The molecule has 0 aliphatic carbocycles. The minimum atomic E-state index is -1.11. The maximum Gasteiger partial charge on any atom is 0.373 e. The summed E-state index contributed by atoms with van der Waals surface area (Å²) < 4.78 is 5.35. The topological polar surface area (TPSA) is 63.3 Å². The summed E-state index contributed by atoms with van der Waals surface area (Å²) in [4.78, 5) is 15.4. The van der Waals surface area contributed by atoms with E-state index in [0.29, 0.717) is 16.3 Å². The summed E-state index contributed by atoms with van der Waals surface area (Å²) in [6.07, 6.45) is 0. The second kappa shape index (κ2) is 5.05. The van der Waals surface area contributed by atoms with Gasteiger partial charge in [0.15, 0.2) is 0 Å². The minimum absolute atomic E-state index is 0.0236. The molecule has 19 heavy (non-hydrogen) atoms. The molecule has 2 aromatic rings. The van der Waals surface area contributed by atoms with Crippen molar-refractivity contribution in [2.24, 2.45) is 0 Å². The Morgan fingerprint density at radius 1 is 1.42 bits per heavy atom. The molecule has 0 bridgehead atoms. The normalized spacial score (nSPS) is 11.0. The Bertz CT molecular complexity index is 632. The van der Waals surface area contributed by atoms with E-state index in [4.69, 9.17) is 21.1 Å². The van der Waals surface area contributed by atoms with Crippen molar-refractivity contribution in [1.82, 2.24) is 4.98 Å². The van der Waals surface area contributed by atoms with Crippen molar-refractivity contribution in [1.29, 1.82) is 0 Å². The van der Waals surface area contributed by atoms with Crippen molar-refractivity contribution < 1.29 is 14.3 Å². The first-order valence-electron chi connectivity index (χ1n) is 5.90.